The Morgan fingerprint density at radius 1 is 1.39 bits per heavy atom. The summed E-state index contributed by atoms with van der Waals surface area (Å²) < 4.78 is 4.79. The number of carbonyl (C=O) groups excluding carboxylic acids is 2. The molecular formula is C13H23NO3S. The molecule has 1 aliphatic rings. The maximum Gasteiger partial charge on any atom is 0.328 e. The molecule has 104 valence electrons. The lowest BCUT2D eigenvalue weighted by Gasteiger charge is -2.08. The minimum atomic E-state index is -0.414. The van der Waals surface area contributed by atoms with Gasteiger partial charge in [0, 0.05) is 6.42 Å². The number of cyclic esters (lactones) is 1. The van der Waals surface area contributed by atoms with Gasteiger partial charge in [0.2, 0.25) is 5.91 Å². The molecule has 1 unspecified atom stereocenters. The Bertz CT molecular complexity index is 271. The molecule has 18 heavy (non-hydrogen) atoms. The molecule has 0 aromatic rings. The van der Waals surface area contributed by atoms with Crippen molar-refractivity contribution < 1.29 is 14.3 Å². The van der Waals surface area contributed by atoms with Crippen molar-refractivity contribution in [2.45, 2.75) is 51.5 Å². The van der Waals surface area contributed by atoms with Crippen molar-refractivity contribution in [3.63, 3.8) is 0 Å². The molecule has 1 saturated heterocycles. The van der Waals surface area contributed by atoms with E-state index < -0.39 is 6.04 Å². The first-order valence-electron chi connectivity index (χ1n) is 6.77. The normalized spacial score (nSPS) is 18.7. The zero-order valence-electron chi connectivity index (χ0n) is 11.1. The summed E-state index contributed by atoms with van der Waals surface area (Å²) in [6.07, 6.45) is 6.87. The number of unbranched alkanes of at least 4 members (excludes halogenated alkanes) is 4. The summed E-state index contributed by atoms with van der Waals surface area (Å²) in [5, 5.41) is 2.71. The number of carbonyl (C=O) groups is 2. The van der Waals surface area contributed by atoms with Crippen LogP contribution in [0.15, 0.2) is 0 Å². The second-order valence-electron chi connectivity index (χ2n) is 4.54. The fourth-order valence-corrected chi connectivity index (χ4v) is 2.66. The van der Waals surface area contributed by atoms with E-state index in [0.717, 1.165) is 5.75 Å². The quantitative estimate of drug-likeness (QED) is 0.516. The molecular weight excluding hydrogens is 250 g/mol. The molecule has 1 heterocycles. The smallest absolute Gasteiger partial charge is 0.328 e. The molecule has 1 rings (SSSR count). The van der Waals surface area contributed by atoms with Crippen molar-refractivity contribution in [3.05, 3.63) is 0 Å². The van der Waals surface area contributed by atoms with E-state index in [1.54, 1.807) is 11.8 Å². The SMILES string of the molecule is CCCCCCCSCC(=O)NC1CCOC1=O. The summed E-state index contributed by atoms with van der Waals surface area (Å²) in [7, 11) is 0. The third-order valence-electron chi connectivity index (χ3n) is 2.90. The van der Waals surface area contributed by atoms with Gasteiger partial charge in [-0.1, -0.05) is 32.6 Å². The molecule has 1 amide bonds. The molecule has 0 bridgehead atoms. The highest BCUT2D eigenvalue weighted by Gasteiger charge is 2.27. The van der Waals surface area contributed by atoms with Crippen molar-refractivity contribution in [1.82, 2.24) is 5.32 Å². The highest BCUT2D eigenvalue weighted by molar-refractivity contribution is 7.99. The van der Waals surface area contributed by atoms with Crippen LogP contribution in [0.25, 0.3) is 0 Å². The third-order valence-corrected chi connectivity index (χ3v) is 3.94. The largest absolute Gasteiger partial charge is 0.464 e. The molecule has 0 spiro atoms. The Morgan fingerprint density at radius 3 is 2.83 bits per heavy atom. The molecule has 0 radical (unpaired) electrons. The topological polar surface area (TPSA) is 55.4 Å². The van der Waals surface area contributed by atoms with Gasteiger partial charge in [-0.05, 0) is 12.2 Å². The Morgan fingerprint density at radius 2 is 2.17 bits per heavy atom. The zero-order chi connectivity index (χ0) is 13.2. The van der Waals surface area contributed by atoms with Crippen molar-refractivity contribution >= 4 is 23.6 Å². The van der Waals surface area contributed by atoms with Crippen LogP contribution in [0.4, 0.5) is 0 Å². The molecule has 0 aromatic heterocycles. The van der Waals surface area contributed by atoms with Crippen LogP contribution in [0, 0.1) is 0 Å². The maximum atomic E-state index is 11.5. The van der Waals surface area contributed by atoms with E-state index in [4.69, 9.17) is 4.74 Å². The standard InChI is InChI=1S/C13H23NO3S/c1-2-3-4-5-6-9-18-10-12(15)14-11-7-8-17-13(11)16/h11H,2-10H2,1H3,(H,14,15). The first kappa shape index (κ1) is 15.3. The monoisotopic (exact) mass is 273 g/mol. The number of esters is 1. The van der Waals surface area contributed by atoms with Gasteiger partial charge in [-0.15, -0.1) is 0 Å². The molecule has 1 N–H and O–H groups in total. The van der Waals surface area contributed by atoms with Crippen LogP contribution in [0.5, 0.6) is 0 Å². The van der Waals surface area contributed by atoms with Crippen LogP contribution in [-0.2, 0) is 14.3 Å². The van der Waals surface area contributed by atoms with Crippen molar-refractivity contribution in [2.24, 2.45) is 0 Å². The molecule has 4 nitrogen and oxygen atoms in total. The average Bonchev–Trinajstić information content (AvgIpc) is 2.74. The van der Waals surface area contributed by atoms with Gasteiger partial charge in [-0.3, -0.25) is 4.79 Å². The van der Waals surface area contributed by atoms with Gasteiger partial charge < -0.3 is 10.1 Å². The summed E-state index contributed by atoms with van der Waals surface area (Å²) >= 11 is 1.64. The lowest BCUT2D eigenvalue weighted by atomic mass is 10.2. The summed E-state index contributed by atoms with van der Waals surface area (Å²) in [6.45, 7) is 2.63. The van der Waals surface area contributed by atoms with Gasteiger partial charge >= 0.3 is 5.97 Å². The molecule has 5 heteroatoms. The minimum absolute atomic E-state index is 0.0580. The van der Waals surface area contributed by atoms with Gasteiger partial charge in [-0.25, -0.2) is 4.79 Å². The van der Waals surface area contributed by atoms with Gasteiger partial charge in [0.1, 0.15) is 6.04 Å². The Labute approximate surface area is 113 Å². The van der Waals surface area contributed by atoms with Crippen LogP contribution < -0.4 is 5.32 Å². The highest BCUT2D eigenvalue weighted by atomic mass is 32.2. The van der Waals surface area contributed by atoms with E-state index in [-0.39, 0.29) is 11.9 Å². The Kier molecular flexibility index (Phi) is 7.89. The van der Waals surface area contributed by atoms with Crippen LogP contribution in [0.2, 0.25) is 0 Å². The maximum absolute atomic E-state index is 11.5. The number of hydrogen-bond acceptors (Lipinski definition) is 4. The van der Waals surface area contributed by atoms with Crippen LogP contribution in [-0.4, -0.2) is 36.0 Å². The molecule has 1 fully saturated rings. The molecule has 1 atom stereocenters. The second-order valence-corrected chi connectivity index (χ2v) is 5.65. The fourth-order valence-electron chi connectivity index (χ4n) is 1.84. The zero-order valence-corrected chi connectivity index (χ0v) is 11.9. The van der Waals surface area contributed by atoms with Crippen molar-refractivity contribution in [2.75, 3.05) is 18.1 Å². The number of thioether (sulfide) groups is 1. The van der Waals surface area contributed by atoms with Gasteiger partial charge in [0.25, 0.3) is 0 Å². The number of amides is 1. The van der Waals surface area contributed by atoms with E-state index in [1.165, 1.54) is 32.1 Å². The summed E-state index contributed by atoms with van der Waals surface area (Å²) in [5.74, 6) is 1.11. The van der Waals surface area contributed by atoms with E-state index >= 15 is 0 Å². The highest BCUT2D eigenvalue weighted by Crippen LogP contribution is 2.10. The summed E-state index contributed by atoms with van der Waals surface area (Å²) in [5.41, 5.74) is 0. The van der Waals surface area contributed by atoms with Gasteiger partial charge in [0.15, 0.2) is 0 Å². The number of ether oxygens (including phenoxy) is 1. The van der Waals surface area contributed by atoms with Crippen molar-refractivity contribution in [1.29, 1.82) is 0 Å². The minimum Gasteiger partial charge on any atom is -0.464 e. The van der Waals surface area contributed by atoms with E-state index in [1.807, 2.05) is 0 Å². The van der Waals surface area contributed by atoms with Crippen LogP contribution >= 0.6 is 11.8 Å². The molecule has 0 aliphatic carbocycles. The molecule has 1 aliphatic heterocycles. The van der Waals surface area contributed by atoms with Crippen molar-refractivity contribution in [3.8, 4) is 0 Å². The van der Waals surface area contributed by atoms with Gasteiger partial charge in [0.05, 0.1) is 12.4 Å². The number of rotatable bonds is 9. The third kappa shape index (κ3) is 6.28. The Balaban J connectivity index is 1.95. The number of hydrogen-bond donors (Lipinski definition) is 1. The predicted molar refractivity (Wildman–Crippen MR) is 73.6 cm³/mol. The second kappa shape index (κ2) is 9.25. The average molecular weight is 273 g/mol. The lowest BCUT2D eigenvalue weighted by molar-refractivity contribution is -0.141. The summed E-state index contributed by atoms with van der Waals surface area (Å²) in [4.78, 5) is 22.7. The van der Waals surface area contributed by atoms with Crippen LogP contribution in [0.1, 0.15) is 45.4 Å². The van der Waals surface area contributed by atoms with E-state index in [9.17, 15) is 9.59 Å². The number of nitrogens with one attached hydrogen (secondary N) is 1. The lowest BCUT2D eigenvalue weighted by Crippen LogP contribution is -2.38. The Hall–Kier alpha value is -0.710. The van der Waals surface area contributed by atoms with Gasteiger partial charge in [-0.2, -0.15) is 11.8 Å². The molecule has 0 aromatic carbocycles. The first-order valence-corrected chi connectivity index (χ1v) is 7.93. The van der Waals surface area contributed by atoms with E-state index in [2.05, 4.69) is 12.2 Å². The first-order chi connectivity index (χ1) is 8.74. The molecule has 0 saturated carbocycles. The fraction of sp³-hybridized carbons (Fsp3) is 0.846. The predicted octanol–water partition coefficient (Wildman–Crippen LogP) is 2.12. The summed E-state index contributed by atoms with van der Waals surface area (Å²) in [6, 6.07) is -0.414. The van der Waals surface area contributed by atoms with E-state index in [0.29, 0.717) is 18.8 Å². The van der Waals surface area contributed by atoms with Crippen LogP contribution in [0.3, 0.4) is 0 Å².